The summed E-state index contributed by atoms with van der Waals surface area (Å²) in [5.74, 6) is -0.968. The van der Waals surface area contributed by atoms with Crippen LogP contribution in [0.5, 0.6) is 0 Å². The van der Waals surface area contributed by atoms with E-state index >= 15 is 0 Å². The lowest BCUT2D eigenvalue weighted by Crippen LogP contribution is -2.34. The normalized spacial score (nSPS) is 20.5. The number of esters is 2. The highest BCUT2D eigenvalue weighted by molar-refractivity contribution is 5.93. The topological polar surface area (TPSA) is 96.1 Å². The molecule has 166 valence electrons. The molecule has 8 heteroatoms. The van der Waals surface area contributed by atoms with Crippen molar-refractivity contribution in [2.45, 2.75) is 51.1 Å². The number of rotatable bonds is 12. The van der Waals surface area contributed by atoms with E-state index in [0.29, 0.717) is 37.6 Å². The van der Waals surface area contributed by atoms with Crippen molar-refractivity contribution in [1.29, 1.82) is 0 Å². The van der Waals surface area contributed by atoms with Gasteiger partial charge in [-0.3, -0.25) is 0 Å². The van der Waals surface area contributed by atoms with Gasteiger partial charge in [-0.25, -0.2) is 9.59 Å². The Balaban J connectivity index is 1.46. The van der Waals surface area contributed by atoms with E-state index in [1.54, 1.807) is 52.0 Å². The van der Waals surface area contributed by atoms with Gasteiger partial charge in [0.1, 0.15) is 23.4 Å². The number of epoxide rings is 2. The highest BCUT2D eigenvalue weighted by Crippen LogP contribution is 2.19. The Labute approximate surface area is 176 Å². The molecular weight excluding hydrogens is 392 g/mol. The second kappa shape index (κ2) is 9.43. The molecule has 2 aliphatic rings. The van der Waals surface area contributed by atoms with E-state index in [1.165, 1.54) is 0 Å². The molecule has 0 N–H and O–H groups in total. The van der Waals surface area contributed by atoms with Crippen LogP contribution in [-0.4, -0.2) is 75.0 Å². The van der Waals surface area contributed by atoms with Crippen molar-refractivity contribution in [3.05, 3.63) is 35.4 Å². The number of ether oxygens (including phenoxy) is 6. The molecule has 0 saturated carbocycles. The molecule has 2 saturated heterocycles. The summed E-state index contributed by atoms with van der Waals surface area (Å²) in [7, 11) is 0. The van der Waals surface area contributed by atoms with Gasteiger partial charge in [-0.1, -0.05) is 0 Å². The van der Waals surface area contributed by atoms with Crippen LogP contribution in [0.3, 0.4) is 0 Å². The van der Waals surface area contributed by atoms with Crippen molar-refractivity contribution in [1.82, 2.24) is 0 Å². The molecule has 2 heterocycles. The standard InChI is InChI=1S/C22H30O8/c1-21(2,13-25-9-17-11-27-17)29-19(23)15-5-7-16(8-6-15)20(24)30-22(3,4)14-26-10-18-12-28-18/h5-8,17-18H,9-14H2,1-4H3. The van der Waals surface area contributed by atoms with Crippen LogP contribution >= 0.6 is 0 Å². The number of carbonyl (C=O) groups is 2. The van der Waals surface area contributed by atoms with Crippen molar-refractivity contribution < 1.29 is 38.0 Å². The third-order valence-electron chi connectivity index (χ3n) is 4.41. The average Bonchev–Trinajstić information content (AvgIpc) is 3.56. The molecule has 8 nitrogen and oxygen atoms in total. The number of hydrogen-bond donors (Lipinski definition) is 0. The van der Waals surface area contributed by atoms with E-state index in [2.05, 4.69) is 0 Å². The van der Waals surface area contributed by atoms with Crippen molar-refractivity contribution in [2.75, 3.05) is 39.6 Å². The third kappa shape index (κ3) is 7.68. The molecule has 2 atom stereocenters. The second-order valence-electron chi connectivity index (χ2n) is 8.82. The maximum Gasteiger partial charge on any atom is 0.338 e. The maximum absolute atomic E-state index is 12.4. The van der Waals surface area contributed by atoms with Crippen molar-refractivity contribution in [3.8, 4) is 0 Å². The van der Waals surface area contributed by atoms with Gasteiger partial charge in [-0.2, -0.15) is 0 Å². The quantitative estimate of drug-likeness (QED) is 0.374. The van der Waals surface area contributed by atoms with E-state index in [9.17, 15) is 9.59 Å². The SMILES string of the molecule is CC(C)(COCC1CO1)OC(=O)c1ccc(C(=O)OC(C)(C)COCC2CO2)cc1. The molecular formula is C22H30O8. The van der Waals surface area contributed by atoms with Crippen molar-refractivity contribution in [3.63, 3.8) is 0 Å². The smallest absolute Gasteiger partial charge is 0.338 e. The number of carbonyl (C=O) groups excluding carboxylic acids is 2. The van der Waals surface area contributed by atoms with Gasteiger partial charge < -0.3 is 28.4 Å². The van der Waals surface area contributed by atoms with E-state index in [1.807, 2.05) is 0 Å². The fraction of sp³-hybridized carbons (Fsp3) is 0.636. The number of benzene rings is 1. The van der Waals surface area contributed by atoms with Crippen LogP contribution in [0.2, 0.25) is 0 Å². The van der Waals surface area contributed by atoms with Crippen LogP contribution in [0.1, 0.15) is 48.4 Å². The van der Waals surface area contributed by atoms with Crippen LogP contribution in [-0.2, 0) is 28.4 Å². The molecule has 2 aliphatic heterocycles. The molecule has 0 bridgehead atoms. The summed E-state index contributed by atoms with van der Waals surface area (Å²) in [5, 5.41) is 0. The summed E-state index contributed by atoms with van der Waals surface area (Å²) in [4.78, 5) is 24.8. The summed E-state index contributed by atoms with van der Waals surface area (Å²) >= 11 is 0. The Morgan fingerprint density at radius 2 is 1.13 bits per heavy atom. The van der Waals surface area contributed by atoms with Gasteiger partial charge in [0.05, 0.1) is 50.8 Å². The van der Waals surface area contributed by atoms with Crippen LogP contribution in [0.4, 0.5) is 0 Å². The average molecular weight is 422 g/mol. The fourth-order valence-corrected chi connectivity index (χ4v) is 2.62. The first-order valence-electron chi connectivity index (χ1n) is 10.1. The van der Waals surface area contributed by atoms with Crippen LogP contribution in [0.25, 0.3) is 0 Å². The predicted octanol–water partition coefficient (Wildman–Crippen LogP) is 2.39. The van der Waals surface area contributed by atoms with E-state index < -0.39 is 23.1 Å². The molecule has 0 amide bonds. The van der Waals surface area contributed by atoms with Gasteiger partial charge in [-0.15, -0.1) is 0 Å². The molecule has 30 heavy (non-hydrogen) atoms. The molecule has 0 radical (unpaired) electrons. The molecule has 0 aliphatic carbocycles. The highest BCUT2D eigenvalue weighted by atomic mass is 16.6. The molecule has 0 spiro atoms. The molecule has 2 fully saturated rings. The summed E-state index contributed by atoms with van der Waals surface area (Å²) in [6.45, 7) is 10.1. The van der Waals surface area contributed by atoms with Crippen LogP contribution < -0.4 is 0 Å². The summed E-state index contributed by atoms with van der Waals surface area (Å²) in [5.41, 5.74) is -0.868. The first-order chi connectivity index (χ1) is 14.1. The van der Waals surface area contributed by atoms with Gasteiger partial charge >= 0.3 is 11.9 Å². The van der Waals surface area contributed by atoms with Gasteiger partial charge in [0.2, 0.25) is 0 Å². The highest BCUT2D eigenvalue weighted by Gasteiger charge is 2.29. The monoisotopic (exact) mass is 422 g/mol. The Morgan fingerprint density at radius 3 is 1.43 bits per heavy atom. The molecule has 3 rings (SSSR count). The molecule has 2 unspecified atom stereocenters. The third-order valence-corrected chi connectivity index (χ3v) is 4.41. The molecule has 1 aromatic rings. The summed E-state index contributed by atoms with van der Waals surface area (Å²) in [6, 6.07) is 6.17. The Morgan fingerprint density at radius 1 is 0.800 bits per heavy atom. The zero-order chi connectivity index (χ0) is 21.8. The minimum atomic E-state index is -0.779. The van der Waals surface area contributed by atoms with Gasteiger partial charge in [-0.05, 0) is 52.0 Å². The minimum Gasteiger partial charge on any atom is -0.454 e. The zero-order valence-corrected chi connectivity index (χ0v) is 18.0. The lowest BCUT2D eigenvalue weighted by atomic mass is 10.1. The van der Waals surface area contributed by atoms with E-state index in [-0.39, 0.29) is 25.4 Å². The van der Waals surface area contributed by atoms with Crippen molar-refractivity contribution >= 4 is 11.9 Å². The zero-order valence-electron chi connectivity index (χ0n) is 18.0. The first kappa shape index (κ1) is 22.7. The molecule has 1 aromatic carbocycles. The largest absolute Gasteiger partial charge is 0.454 e. The fourth-order valence-electron chi connectivity index (χ4n) is 2.62. The summed E-state index contributed by atoms with van der Waals surface area (Å²) < 4.78 is 32.3. The Hall–Kier alpha value is -2.00. The Bertz CT molecular complexity index is 669. The number of hydrogen-bond acceptors (Lipinski definition) is 8. The lowest BCUT2D eigenvalue weighted by molar-refractivity contribution is -0.0498. The minimum absolute atomic E-state index is 0.160. The second-order valence-corrected chi connectivity index (χ2v) is 8.82. The summed E-state index contributed by atoms with van der Waals surface area (Å²) in [6.07, 6.45) is 0.320. The molecule has 0 aromatic heterocycles. The lowest BCUT2D eigenvalue weighted by Gasteiger charge is -2.25. The van der Waals surface area contributed by atoms with Crippen LogP contribution in [0, 0.1) is 0 Å². The maximum atomic E-state index is 12.4. The first-order valence-corrected chi connectivity index (χ1v) is 10.1. The van der Waals surface area contributed by atoms with Gasteiger partial charge in [0.25, 0.3) is 0 Å². The van der Waals surface area contributed by atoms with Crippen LogP contribution in [0.15, 0.2) is 24.3 Å². The van der Waals surface area contributed by atoms with E-state index in [0.717, 1.165) is 0 Å². The van der Waals surface area contributed by atoms with Crippen molar-refractivity contribution in [2.24, 2.45) is 0 Å². The van der Waals surface area contributed by atoms with E-state index in [4.69, 9.17) is 28.4 Å². The van der Waals surface area contributed by atoms with Gasteiger partial charge in [0, 0.05) is 0 Å². The predicted molar refractivity (Wildman–Crippen MR) is 107 cm³/mol. The Kier molecular flexibility index (Phi) is 7.13. The van der Waals surface area contributed by atoms with Gasteiger partial charge in [0.15, 0.2) is 0 Å².